The standard InChI is InChI=1S/C8H17NO/c1-10-6-2-3-8-4-5-9-7-8/h8-9H,2-7H2,1H3. The second-order valence-corrected chi connectivity index (χ2v) is 2.99. The molecule has 1 fully saturated rings. The zero-order chi connectivity index (χ0) is 7.23. The lowest BCUT2D eigenvalue weighted by Gasteiger charge is -2.05. The Morgan fingerprint density at radius 2 is 2.50 bits per heavy atom. The van der Waals surface area contributed by atoms with Crippen LogP contribution in [0.15, 0.2) is 0 Å². The molecule has 60 valence electrons. The van der Waals surface area contributed by atoms with Gasteiger partial charge in [-0.25, -0.2) is 0 Å². The van der Waals surface area contributed by atoms with Gasteiger partial charge >= 0.3 is 0 Å². The van der Waals surface area contributed by atoms with Gasteiger partial charge in [-0.15, -0.1) is 0 Å². The predicted molar refractivity (Wildman–Crippen MR) is 42.1 cm³/mol. The topological polar surface area (TPSA) is 21.3 Å². The summed E-state index contributed by atoms with van der Waals surface area (Å²) in [6.07, 6.45) is 3.92. The third-order valence-electron chi connectivity index (χ3n) is 2.12. The number of methoxy groups -OCH3 is 1. The van der Waals surface area contributed by atoms with E-state index in [0.717, 1.165) is 12.5 Å². The quantitative estimate of drug-likeness (QED) is 0.593. The molecule has 2 heteroatoms. The van der Waals surface area contributed by atoms with Gasteiger partial charge in [-0.05, 0) is 38.3 Å². The summed E-state index contributed by atoms with van der Waals surface area (Å²) in [4.78, 5) is 0. The SMILES string of the molecule is COCCCC1CCNC1. The van der Waals surface area contributed by atoms with Crippen molar-refractivity contribution >= 4 is 0 Å². The Bertz CT molecular complexity index is 79.3. The second-order valence-electron chi connectivity index (χ2n) is 2.99. The number of ether oxygens (including phenoxy) is 1. The van der Waals surface area contributed by atoms with Gasteiger partial charge in [0.25, 0.3) is 0 Å². The lowest BCUT2D eigenvalue weighted by Crippen LogP contribution is -2.09. The van der Waals surface area contributed by atoms with E-state index in [9.17, 15) is 0 Å². The van der Waals surface area contributed by atoms with Crippen LogP contribution in [-0.4, -0.2) is 26.8 Å². The van der Waals surface area contributed by atoms with Crippen LogP contribution in [-0.2, 0) is 4.74 Å². The fourth-order valence-electron chi connectivity index (χ4n) is 1.48. The highest BCUT2D eigenvalue weighted by atomic mass is 16.5. The molecule has 1 N–H and O–H groups in total. The largest absolute Gasteiger partial charge is 0.385 e. The van der Waals surface area contributed by atoms with Crippen molar-refractivity contribution in [1.82, 2.24) is 5.32 Å². The highest BCUT2D eigenvalue weighted by Crippen LogP contribution is 2.13. The molecule has 0 radical (unpaired) electrons. The molecule has 0 aromatic rings. The van der Waals surface area contributed by atoms with Crippen molar-refractivity contribution in [2.24, 2.45) is 5.92 Å². The fraction of sp³-hybridized carbons (Fsp3) is 1.00. The molecular formula is C8H17NO. The first-order valence-electron chi connectivity index (χ1n) is 4.13. The van der Waals surface area contributed by atoms with Crippen molar-refractivity contribution in [3.63, 3.8) is 0 Å². The van der Waals surface area contributed by atoms with E-state index >= 15 is 0 Å². The summed E-state index contributed by atoms with van der Waals surface area (Å²) in [6, 6.07) is 0. The number of hydrogen-bond acceptors (Lipinski definition) is 2. The van der Waals surface area contributed by atoms with Gasteiger partial charge in [0.05, 0.1) is 0 Å². The third-order valence-corrected chi connectivity index (χ3v) is 2.12. The van der Waals surface area contributed by atoms with Crippen molar-refractivity contribution in [2.45, 2.75) is 19.3 Å². The van der Waals surface area contributed by atoms with Gasteiger partial charge in [0, 0.05) is 13.7 Å². The number of nitrogens with one attached hydrogen (secondary N) is 1. The molecule has 10 heavy (non-hydrogen) atoms. The van der Waals surface area contributed by atoms with Crippen LogP contribution in [0.4, 0.5) is 0 Å². The summed E-state index contributed by atoms with van der Waals surface area (Å²) in [6.45, 7) is 3.37. The van der Waals surface area contributed by atoms with E-state index in [1.807, 2.05) is 0 Å². The van der Waals surface area contributed by atoms with Gasteiger partial charge in [-0.3, -0.25) is 0 Å². The van der Waals surface area contributed by atoms with Crippen LogP contribution >= 0.6 is 0 Å². The summed E-state index contributed by atoms with van der Waals surface area (Å²) in [7, 11) is 1.77. The maximum atomic E-state index is 4.98. The number of hydrogen-bond donors (Lipinski definition) is 1. The summed E-state index contributed by atoms with van der Waals surface area (Å²) in [5, 5.41) is 3.36. The van der Waals surface area contributed by atoms with E-state index in [2.05, 4.69) is 5.32 Å². The van der Waals surface area contributed by atoms with Gasteiger partial charge in [0.15, 0.2) is 0 Å². The van der Waals surface area contributed by atoms with Gasteiger partial charge in [0.1, 0.15) is 0 Å². The fourth-order valence-corrected chi connectivity index (χ4v) is 1.48. The Hall–Kier alpha value is -0.0800. The van der Waals surface area contributed by atoms with Crippen LogP contribution in [0.3, 0.4) is 0 Å². The molecule has 2 nitrogen and oxygen atoms in total. The Kier molecular flexibility index (Phi) is 3.76. The maximum Gasteiger partial charge on any atom is 0.0462 e. The minimum atomic E-state index is 0.926. The molecule has 0 spiro atoms. The van der Waals surface area contributed by atoms with Crippen LogP contribution in [0.25, 0.3) is 0 Å². The Morgan fingerprint density at radius 3 is 3.10 bits per heavy atom. The Labute approximate surface area is 63.0 Å². The van der Waals surface area contributed by atoms with Crippen LogP contribution in [0.2, 0.25) is 0 Å². The molecule has 0 saturated carbocycles. The normalized spacial score (nSPS) is 25.5. The highest BCUT2D eigenvalue weighted by molar-refractivity contribution is 4.70. The molecule has 0 aliphatic carbocycles. The van der Waals surface area contributed by atoms with E-state index in [0.29, 0.717) is 0 Å². The molecule has 1 aliphatic rings. The highest BCUT2D eigenvalue weighted by Gasteiger charge is 2.12. The minimum Gasteiger partial charge on any atom is -0.385 e. The van der Waals surface area contributed by atoms with Crippen LogP contribution in [0, 0.1) is 5.92 Å². The molecule has 1 aliphatic heterocycles. The number of rotatable bonds is 4. The van der Waals surface area contributed by atoms with Crippen LogP contribution < -0.4 is 5.32 Å². The second kappa shape index (κ2) is 4.69. The van der Waals surface area contributed by atoms with Crippen LogP contribution in [0.5, 0.6) is 0 Å². The Balaban J connectivity index is 1.91. The van der Waals surface area contributed by atoms with Crippen LogP contribution in [0.1, 0.15) is 19.3 Å². The van der Waals surface area contributed by atoms with Crippen molar-refractivity contribution in [3.05, 3.63) is 0 Å². The zero-order valence-corrected chi connectivity index (χ0v) is 6.73. The summed E-state index contributed by atoms with van der Waals surface area (Å²) < 4.78 is 4.98. The lowest BCUT2D eigenvalue weighted by molar-refractivity contribution is 0.188. The van der Waals surface area contributed by atoms with Gasteiger partial charge < -0.3 is 10.1 Å². The Morgan fingerprint density at radius 1 is 1.60 bits per heavy atom. The van der Waals surface area contributed by atoms with Crippen molar-refractivity contribution in [2.75, 3.05) is 26.8 Å². The van der Waals surface area contributed by atoms with Crippen molar-refractivity contribution < 1.29 is 4.74 Å². The summed E-state index contributed by atoms with van der Waals surface area (Å²) in [5.41, 5.74) is 0. The van der Waals surface area contributed by atoms with E-state index in [4.69, 9.17) is 4.74 Å². The van der Waals surface area contributed by atoms with Gasteiger partial charge in [-0.2, -0.15) is 0 Å². The lowest BCUT2D eigenvalue weighted by atomic mass is 10.0. The van der Waals surface area contributed by atoms with E-state index < -0.39 is 0 Å². The predicted octanol–water partition coefficient (Wildman–Crippen LogP) is 1.02. The molecular weight excluding hydrogens is 126 g/mol. The molecule has 1 atom stereocenters. The first kappa shape index (κ1) is 8.02. The molecule has 0 aromatic heterocycles. The molecule has 1 unspecified atom stereocenters. The molecule has 1 rings (SSSR count). The minimum absolute atomic E-state index is 0.926. The van der Waals surface area contributed by atoms with Gasteiger partial charge in [0.2, 0.25) is 0 Å². The van der Waals surface area contributed by atoms with Gasteiger partial charge in [-0.1, -0.05) is 0 Å². The third kappa shape index (κ3) is 2.67. The average molecular weight is 143 g/mol. The summed E-state index contributed by atoms with van der Waals surface area (Å²) >= 11 is 0. The summed E-state index contributed by atoms with van der Waals surface area (Å²) in [5.74, 6) is 0.926. The average Bonchev–Trinajstić information content (AvgIpc) is 2.41. The molecule has 0 bridgehead atoms. The molecule has 1 heterocycles. The molecule has 0 aromatic carbocycles. The first-order chi connectivity index (χ1) is 4.93. The maximum absolute atomic E-state index is 4.98. The zero-order valence-electron chi connectivity index (χ0n) is 6.73. The smallest absolute Gasteiger partial charge is 0.0462 e. The molecule has 0 amide bonds. The van der Waals surface area contributed by atoms with Crippen molar-refractivity contribution in [3.8, 4) is 0 Å². The van der Waals surface area contributed by atoms with Crippen molar-refractivity contribution in [1.29, 1.82) is 0 Å². The van der Waals surface area contributed by atoms with E-state index in [1.54, 1.807) is 7.11 Å². The first-order valence-corrected chi connectivity index (χ1v) is 4.13. The monoisotopic (exact) mass is 143 g/mol. The van der Waals surface area contributed by atoms with E-state index in [1.165, 1.54) is 32.4 Å². The molecule has 1 saturated heterocycles. The van der Waals surface area contributed by atoms with E-state index in [-0.39, 0.29) is 0 Å².